The zero-order valence-electron chi connectivity index (χ0n) is 14.5. The predicted octanol–water partition coefficient (Wildman–Crippen LogP) is 1.96. The van der Waals surface area contributed by atoms with Gasteiger partial charge in [-0.05, 0) is 18.2 Å². The Labute approximate surface area is 150 Å². The van der Waals surface area contributed by atoms with Gasteiger partial charge in [-0.2, -0.15) is 0 Å². The molecule has 0 heterocycles. The number of ether oxygens (including phenoxy) is 3. The number of nitrogens with one attached hydrogen (secondary N) is 1. The van der Waals surface area contributed by atoms with Gasteiger partial charge in [-0.3, -0.25) is 4.79 Å². The molecule has 0 aromatic heterocycles. The summed E-state index contributed by atoms with van der Waals surface area (Å²) in [5, 5.41) is 2.64. The van der Waals surface area contributed by atoms with E-state index in [1.807, 2.05) is 18.2 Å². The summed E-state index contributed by atoms with van der Waals surface area (Å²) in [4.78, 5) is 35.7. The molecule has 1 amide bonds. The van der Waals surface area contributed by atoms with Crippen LogP contribution in [0, 0.1) is 0 Å². The van der Waals surface area contributed by atoms with E-state index in [1.165, 1.54) is 19.2 Å². The Hall–Kier alpha value is -3.35. The van der Waals surface area contributed by atoms with Crippen LogP contribution in [0.4, 0.5) is 0 Å². The molecule has 7 heteroatoms. The normalized spacial score (nSPS) is 9.92. The largest absolute Gasteiger partial charge is 0.496 e. The molecule has 7 nitrogen and oxygen atoms in total. The molecule has 0 unspecified atom stereocenters. The Morgan fingerprint density at radius 1 is 0.885 bits per heavy atom. The summed E-state index contributed by atoms with van der Waals surface area (Å²) in [7, 11) is 2.76. The molecule has 0 aliphatic heterocycles. The first-order valence-electron chi connectivity index (χ1n) is 7.80. The lowest BCUT2D eigenvalue weighted by Gasteiger charge is -2.10. The molecule has 26 heavy (non-hydrogen) atoms. The van der Waals surface area contributed by atoms with E-state index in [1.54, 1.807) is 25.3 Å². The zero-order valence-corrected chi connectivity index (χ0v) is 14.5. The van der Waals surface area contributed by atoms with Gasteiger partial charge < -0.3 is 19.5 Å². The fourth-order valence-electron chi connectivity index (χ4n) is 2.25. The smallest absolute Gasteiger partial charge is 0.339 e. The van der Waals surface area contributed by atoms with E-state index in [2.05, 4.69) is 10.1 Å². The number of hydrogen-bond acceptors (Lipinski definition) is 6. The van der Waals surface area contributed by atoms with Gasteiger partial charge in [0.2, 0.25) is 0 Å². The molecule has 0 fully saturated rings. The lowest BCUT2D eigenvalue weighted by Crippen LogP contribution is -2.28. The van der Waals surface area contributed by atoms with E-state index >= 15 is 0 Å². The van der Waals surface area contributed by atoms with Gasteiger partial charge in [-0.1, -0.05) is 30.3 Å². The van der Waals surface area contributed by atoms with Crippen molar-refractivity contribution in [2.75, 3.05) is 20.8 Å². The highest BCUT2D eigenvalue weighted by Crippen LogP contribution is 2.16. The Morgan fingerprint density at radius 3 is 2.15 bits per heavy atom. The average Bonchev–Trinajstić information content (AvgIpc) is 2.69. The summed E-state index contributed by atoms with van der Waals surface area (Å²) in [6.07, 6.45) is 0. The van der Waals surface area contributed by atoms with Crippen molar-refractivity contribution in [1.82, 2.24) is 5.32 Å². The average molecular weight is 357 g/mol. The Bertz CT molecular complexity index is 802. The fourth-order valence-corrected chi connectivity index (χ4v) is 2.25. The molecular formula is C19H19NO6. The van der Waals surface area contributed by atoms with Crippen LogP contribution in [0.1, 0.15) is 26.3 Å². The van der Waals surface area contributed by atoms with Crippen molar-refractivity contribution in [2.45, 2.75) is 6.54 Å². The topological polar surface area (TPSA) is 90.9 Å². The molecule has 136 valence electrons. The maximum atomic E-state index is 12.1. The minimum Gasteiger partial charge on any atom is -0.496 e. The van der Waals surface area contributed by atoms with E-state index in [4.69, 9.17) is 9.47 Å². The maximum absolute atomic E-state index is 12.1. The van der Waals surface area contributed by atoms with Crippen molar-refractivity contribution in [3.63, 3.8) is 0 Å². The minimum absolute atomic E-state index is 0.0388. The molecule has 0 aliphatic rings. The number of carbonyl (C=O) groups is 3. The first kappa shape index (κ1) is 19.0. The molecule has 0 saturated heterocycles. The maximum Gasteiger partial charge on any atom is 0.339 e. The van der Waals surface area contributed by atoms with Gasteiger partial charge in [0.25, 0.3) is 5.91 Å². The van der Waals surface area contributed by atoms with Gasteiger partial charge in [0.05, 0.1) is 25.3 Å². The summed E-state index contributed by atoms with van der Waals surface area (Å²) in [6.45, 7) is -0.233. The number of methoxy groups -OCH3 is 2. The highest BCUT2D eigenvalue weighted by Gasteiger charge is 2.19. The van der Waals surface area contributed by atoms with Crippen LogP contribution in [-0.4, -0.2) is 38.7 Å². The van der Waals surface area contributed by atoms with Crippen LogP contribution < -0.4 is 10.1 Å². The monoisotopic (exact) mass is 357 g/mol. The van der Waals surface area contributed by atoms with Crippen molar-refractivity contribution in [3.8, 4) is 5.75 Å². The zero-order chi connectivity index (χ0) is 18.9. The lowest BCUT2D eigenvalue weighted by molar-refractivity contribution is -0.124. The van der Waals surface area contributed by atoms with Crippen molar-refractivity contribution in [1.29, 1.82) is 0 Å². The number of rotatable bonds is 7. The van der Waals surface area contributed by atoms with E-state index < -0.39 is 24.5 Å². The number of esters is 2. The van der Waals surface area contributed by atoms with Gasteiger partial charge in [0.1, 0.15) is 5.75 Å². The fraction of sp³-hybridized carbons (Fsp3) is 0.211. The van der Waals surface area contributed by atoms with Gasteiger partial charge in [-0.25, -0.2) is 9.59 Å². The highest BCUT2D eigenvalue weighted by molar-refractivity contribution is 6.03. The van der Waals surface area contributed by atoms with Crippen molar-refractivity contribution < 1.29 is 28.6 Å². The third kappa shape index (κ3) is 4.83. The molecule has 2 aromatic rings. The van der Waals surface area contributed by atoms with Gasteiger partial charge >= 0.3 is 11.9 Å². The van der Waals surface area contributed by atoms with E-state index in [-0.39, 0.29) is 17.7 Å². The molecule has 2 rings (SSSR count). The minimum atomic E-state index is -0.779. The van der Waals surface area contributed by atoms with Gasteiger partial charge in [0, 0.05) is 12.1 Å². The molecule has 0 spiro atoms. The summed E-state index contributed by atoms with van der Waals surface area (Å²) < 4.78 is 14.8. The number of carbonyl (C=O) groups excluding carboxylic acids is 3. The standard InChI is InChI=1S/C19H19NO6/c1-24-16-10-6-3-7-13(16)11-20-17(21)12-26-19(23)15-9-5-4-8-14(15)18(22)25-2/h3-10H,11-12H2,1-2H3,(H,20,21). The second-order valence-electron chi connectivity index (χ2n) is 5.20. The van der Waals surface area contributed by atoms with Gasteiger partial charge in [-0.15, -0.1) is 0 Å². The third-order valence-electron chi connectivity index (χ3n) is 3.56. The second kappa shape index (κ2) is 9.22. The van der Waals surface area contributed by atoms with E-state index in [0.29, 0.717) is 5.75 Å². The molecular weight excluding hydrogens is 338 g/mol. The lowest BCUT2D eigenvalue weighted by atomic mass is 10.1. The van der Waals surface area contributed by atoms with Crippen LogP contribution in [0.25, 0.3) is 0 Å². The summed E-state index contributed by atoms with van der Waals surface area (Å²) in [5.41, 5.74) is 0.914. The van der Waals surface area contributed by atoms with E-state index in [9.17, 15) is 14.4 Å². The first-order chi connectivity index (χ1) is 12.6. The second-order valence-corrected chi connectivity index (χ2v) is 5.20. The molecule has 0 bridgehead atoms. The highest BCUT2D eigenvalue weighted by atomic mass is 16.5. The van der Waals surface area contributed by atoms with Crippen LogP contribution >= 0.6 is 0 Å². The number of amides is 1. The Morgan fingerprint density at radius 2 is 1.50 bits per heavy atom. The molecule has 1 N–H and O–H groups in total. The third-order valence-corrected chi connectivity index (χ3v) is 3.56. The van der Waals surface area contributed by atoms with E-state index in [0.717, 1.165) is 5.56 Å². The molecule has 0 saturated carbocycles. The Balaban J connectivity index is 1.91. The first-order valence-corrected chi connectivity index (χ1v) is 7.80. The predicted molar refractivity (Wildman–Crippen MR) is 92.9 cm³/mol. The SMILES string of the molecule is COC(=O)c1ccccc1C(=O)OCC(=O)NCc1ccccc1OC. The summed E-state index contributed by atoms with van der Waals surface area (Å²) in [5.74, 6) is -1.26. The van der Waals surface area contributed by atoms with Crippen molar-refractivity contribution >= 4 is 17.8 Å². The van der Waals surface area contributed by atoms with Gasteiger partial charge in [0.15, 0.2) is 6.61 Å². The van der Waals surface area contributed by atoms with Crippen molar-refractivity contribution in [2.24, 2.45) is 0 Å². The Kier molecular flexibility index (Phi) is 6.73. The molecule has 2 aromatic carbocycles. The van der Waals surface area contributed by atoms with Crippen LogP contribution in [0.2, 0.25) is 0 Å². The quantitative estimate of drug-likeness (QED) is 0.762. The number of para-hydroxylation sites is 1. The van der Waals surface area contributed by atoms with Crippen LogP contribution in [0.15, 0.2) is 48.5 Å². The number of hydrogen-bond donors (Lipinski definition) is 1. The molecule has 0 radical (unpaired) electrons. The number of benzene rings is 2. The van der Waals surface area contributed by atoms with Crippen LogP contribution in [0.5, 0.6) is 5.75 Å². The molecule has 0 aliphatic carbocycles. The summed E-state index contributed by atoms with van der Waals surface area (Å²) >= 11 is 0. The van der Waals surface area contributed by atoms with Crippen LogP contribution in [-0.2, 0) is 20.8 Å². The molecule has 0 atom stereocenters. The van der Waals surface area contributed by atoms with Crippen molar-refractivity contribution in [3.05, 3.63) is 65.2 Å². The summed E-state index contributed by atoms with van der Waals surface area (Å²) in [6, 6.07) is 13.3. The van der Waals surface area contributed by atoms with Crippen LogP contribution in [0.3, 0.4) is 0 Å².